The number of rotatable bonds is 2. The third-order valence-corrected chi connectivity index (χ3v) is 5.43. The molecule has 0 atom stereocenters. The Hall–Kier alpha value is -3.00. The van der Waals surface area contributed by atoms with Gasteiger partial charge in [-0.15, -0.1) is 0 Å². The summed E-state index contributed by atoms with van der Waals surface area (Å²) in [6.07, 6.45) is -3.92. The fraction of sp³-hybridized carbons (Fsp3) is 0.100. The molecule has 0 bridgehead atoms. The topological polar surface area (TPSA) is 42.3 Å². The number of hydrogen-bond acceptors (Lipinski definition) is 3. The smallest absolute Gasteiger partial charge is 0.305 e. The lowest BCUT2D eigenvalue weighted by Crippen LogP contribution is -2.35. The van der Waals surface area contributed by atoms with Crippen LogP contribution in [0.2, 0.25) is 0 Å². The van der Waals surface area contributed by atoms with Crippen LogP contribution in [0.25, 0.3) is 0 Å². The van der Waals surface area contributed by atoms with Crippen LogP contribution in [-0.2, 0) is 17.5 Å². The van der Waals surface area contributed by atoms with E-state index in [2.05, 4.69) is 0 Å². The van der Waals surface area contributed by atoms with Crippen LogP contribution >= 0.6 is 11.8 Å². The molecule has 1 aromatic heterocycles. The Kier molecular flexibility index (Phi) is 4.50. The molecule has 1 aliphatic heterocycles. The van der Waals surface area contributed by atoms with Crippen molar-refractivity contribution in [3.8, 4) is 0 Å². The second-order valence-electron chi connectivity index (χ2n) is 6.15. The van der Waals surface area contributed by atoms with Crippen molar-refractivity contribution in [1.29, 1.82) is 0 Å². The number of alkyl halides is 3. The molecule has 8 heteroatoms. The normalized spacial score (nSPS) is 13.0. The summed E-state index contributed by atoms with van der Waals surface area (Å²) in [5.74, 6) is -0.498. The van der Waals surface area contributed by atoms with Crippen molar-refractivity contribution in [3.05, 3.63) is 82.8 Å². The van der Waals surface area contributed by atoms with Crippen molar-refractivity contribution < 1.29 is 18.0 Å². The zero-order chi connectivity index (χ0) is 19.9. The first kappa shape index (κ1) is 18.4. The van der Waals surface area contributed by atoms with Crippen molar-refractivity contribution in [2.45, 2.75) is 22.5 Å². The molecular weight excluding hydrogens is 389 g/mol. The number of pyridine rings is 1. The number of anilines is 2. The SMILES string of the molecule is O=C(Cn1cc(C(F)(F)F)ccc1=O)N1c2ccccc2Sc2ccccc21. The molecule has 0 saturated heterocycles. The molecule has 4 rings (SSSR count). The molecule has 1 amide bonds. The Balaban J connectivity index is 1.75. The minimum absolute atomic E-state index is 0.498. The molecule has 0 fully saturated rings. The summed E-state index contributed by atoms with van der Waals surface area (Å²) in [4.78, 5) is 28.3. The predicted molar refractivity (Wildman–Crippen MR) is 99.9 cm³/mol. The number of benzene rings is 2. The number of nitrogens with zero attached hydrogens (tertiary/aromatic N) is 2. The monoisotopic (exact) mass is 402 g/mol. The molecule has 3 aromatic rings. The molecule has 0 N–H and O–H groups in total. The number of para-hydroxylation sites is 2. The summed E-state index contributed by atoms with van der Waals surface area (Å²) >= 11 is 1.51. The summed E-state index contributed by atoms with van der Waals surface area (Å²) in [6.45, 7) is -0.504. The summed E-state index contributed by atoms with van der Waals surface area (Å²) < 4.78 is 39.7. The van der Waals surface area contributed by atoms with Gasteiger partial charge in [0.1, 0.15) is 6.54 Å². The van der Waals surface area contributed by atoms with Crippen molar-refractivity contribution >= 4 is 29.0 Å². The second-order valence-corrected chi connectivity index (χ2v) is 7.23. The van der Waals surface area contributed by atoms with Crippen LogP contribution in [0, 0.1) is 0 Å². The molecule has 0 saturated carbocycles. The number of fused-ring (bicyclic) bond motifs is 2. The summed E-state index contributed by atoms with van der Waals surface area (Å²) in [5, 5.41) is 0. The highest BCUT2D eigenvalue weighted by Crippen LogP contribution is 2.47. The maximum Gasteiger partial charge on any atom is 0.417 e. The van der Waals surface area contributed by atoms with Gasteiger partial charge in [-0.2, -0.15) is 13.2 Å². The lowest BCUT2D eigenvalue weighted by molar-refractivity contribution is -0.138. The highest BCUT2D eigenvalue weighted by Gasteiger charge is 2.32. The van der Waals surface area contributed by atoms with Gasteiger partial charge in [-0.3, -0.25) is 14.5 Å². The highest BCUT2D eigenvalue weighted by molar-refractivity contribution is 7.99. The van der Waals surface area contributed by atoms with E-state index in [1.807, 2.05) is 24.3 Å². The standard InChI is InChI=1S/C20H13F3N2O2S/c21-20(22,23)13-9-10-18(26)24(11-13)12-19(27)25-14-5-1-3-7-16(14)28-17-8-4-2-6-15(17)25/h1-11H,12H2. The third kappa shape index (κ3) is 3.31. The van der Waals surface area contributed by atoms with E-state index >= 15 is 0 Å². The second kappa shape index (κ2) is 6.87. The fourth-order valence-electron chi connectivity index (χ4n) is 3.01. The Labute approximate surface area is 162 Å². The van der Waals surface area contributed by atoms with Crippen molar-refractivity contribution in [1.82, 2.24) is 4.57 Å². The zero-order valence-corrected chi connectivity index (χ0v) is 15.1. The first-order valence-corrected chi connectivity index (χ1v) is 9.13. The van der Waals surface area contributed by atoms with Crippen LogP contribution in [0.5, 0.6) is 0 Å². The first-order chi connectivity index (χ1) is 13.3. The number of carbonyl (C=O) groups is 1. The van der Waals surface area contributed by atoms with Gasteiger partial charge in [0.2, 0.25) is 0 Å². The van der Waals surface area contributed by atoms with E-state index in [0.29, 0.717) is 23.6 Å². The molecule has 2 aromatic carbocycles. The number of carbonyl (C=O) groups excluding carboxylic acids is 1. The van der Waals surface area contributed by atoms with Crippen molar-refractivity contribution in [2.75, 3.05) is 4.90 Å². The Morgan fingerprint density at radius 2 is 1.46 bits per heavy atom. The number of halogens is 3. The van der Waals surface area contributed by atoms with Crippen LogP contribution < -0.4 is 10.5 Å². The van der Waals surface area contributed by atoms with Gasteiger partial charge in [0, 0.05) is 22.1 Å². The lowest BCUT2D eigenvalue weighted by Gasteiger charge is -2.31. The predicted octanol–water partition coefficient (Wildman–Crippen LogP) is 4.70. The maximum absolute atomic E-state index is 13.1. The van der Waals surface area contributed by atoms with Crippen LogP contribution in [0.1, 0.15) is 5.56 Å². The van der Waals surface area contributed by atoms with E-state index < -0.39 is 29.8 Å². The van der Waals surface area contributed by atoms with E-state index in [4.69, 9.17) is 0 Å². The van der Waals surface area contributed by atoms with Crippen molar-refractivity contribution in [2.24, 2.45) is 0 Å². The van der Waals surface area contributed by atoms with E-state index in [1.54, 1.807) is 24.3 Å². The molecule has 0 aliphatic carbocycles. The van der Waals surface area contributed by atoms with E-state index in [1.165, 1.54) is 16.7 Å². The molecule has 0 spiro atoms. The van der Waals surface area contributed by atoms with Crippen LogP contribution in [0.3, 0.4) is 0 Å². The molecule has 0 radical (unpaired) electrons. The number of hydrogen-bond donors (Lipinski definition) is 0. The largest absolute Gasteiger partial charge is 0.417 e. The van der Waals surface area contributed by atoms with E-state index in [9.17, 15) is 22.8 Å². The molecule has 142 valence electrons. The minimum atomic E-state index is -4.60. The van der Waals surface area contributed by atoms with Gasteiger partial charge >= 0.3 is 6.18 Å². The van der Waals surface area contributed by atoms with Gasteiger partial charge in [0.05, 0.1) is 16.9 Å². The number of aromatic nitrogens is 1. The van der Waals surface area contributed by atoms with Crippen LogP contribution in [0.15, 0.2) is 81.4 Å². The molecule has 0 unspecified atom stereocenters. The minimum Gasteiger partial charge on any atom is -0.305 e. The first-order valence-electron chi connectivity index (χ1n) is 8.31. The highest BCUT2D eigenvalue weighted by atomic mass is 32.2. The molecule has 4 nitrogen and oxygen atoms in total. The molecule has 28 heavy (non-hydrogen) atoms. The Morgan fingerprint density at radius 1 is 0.893 bits per heavy atom. The quantitative estimate of drug-likeness (QED) is 0.624. The van der Waals surface area contributed by atoms with Gasteiger partial charge in [-0.05, 0) is 30.3 Å². The zero-order valence-electron chi connectivity index (χ0n) is 14.3. The lowest BCUT2D eigenvalue weighted by atomic mass is 10.2. The van der Waals surface area contributed by atoms with E-state index in [0.717, 1.165) is 20.4 Å². The fourth-order valence-corrected chi connectivity index (χ4v) is 4.07. The van der Waals surface area contributed by atoms with Crippen molar-refractivity contribution in [3.63, 3.8) is 0 Å². The molecule has 1 aliphatic rings. The number of amides is 1. The van der Waals surface area contributed by atoms with Gasteiger partial charge in [0.15, 0.2) is 0 Å². The van der Waals surface area contributed by atoms with Gasteiger partial charge in [-0.25, -0.2) is 0 Å². The van der Waals surface area contributed by atoms with Crippen LogP contribution in [0.4, 0.5) is 24.5 Å². The van der Waals surface area contributed by atoms with Crippen LogP contribution in [-0.4, -0.2) is 10.5 Å². The summed E-state index contributed by atoms with van der Waals surface area (Å²) in [5.41, 5.74) is -0.378. The van der Waals surface area contributed by atoms with E-state index in [-0.39, 0.29) is 0 Å². The molecular formula is C20H13F3N2O2S. The summed E-state index contributed by atoms with van der Waals surface area (Å²) in [6, 6.07) is 16.1. The van der Waals surface area contributed by atoms with Gasteiger partial charge in [-0.1, -0.05) is 36.0 Å². The van der Waals surface area contributed by atoms with Gasteiger partial charge < -0.3 is 4.57 Å². The Bertz CT molecular complexity index is 1080. The average Bonchev–Trinajstić information content (AvgIpc) is 2.66. The maximum atomic E-state index is 13.1. The third-order valence-electron chi connectivity index (χ3n) is 4.30. The summed E-state index contributed by atoms with van der Waals surface area (Å²) in [7, 11) is 0. The Morgan fingerprint density at radius 3 is 2.04 bits per heavy atom. The average molecular weight is 402 g/mol. The molecule has 2 heterocycles. The van der Waals surface area contributed by atoms with Gasteiger partial charge in [0.25, 0.3) is 11.5 Å².